The van der Waals surface area contributed by atoms with Crippen molar-refractivity contribution < 1.29 is 5.11 Å². The zero-order chi connectivity index (χ0) is 20.7. The Kier molecular flexibility index (Phi) is 4.71. The van der Waals surface area contributed by atoms with E-state index in [-0.39, 0.29) is 11.4 Å². The van der Waals surface area contributed by atoms with Crippen LogP contribution in [-0.2, 0) is 0 Å². The average Bonchev–Trinajstić information content (AvgIpc) is 3.28. The van der Waals surface area contributed by atoms with E-state index < -0.39 is 5.56 Å². The molecule has 152 valence electrons. The number of aromatic amines is 1. The van der Waals surface area contributed by atoms with Crippen molar-refractivity contribution in [3.05, 3.63) is 70.2 Å². The smallest absolute Gasteiger partial charge is 0.278 e. The summed E-state index contributed by atoms with van der Waals surface area (Å²) in [7, 11) is 0. The van der Waals surface area contributed by atoms with E-state index in [0.29, 0.717) is 15.9 Å². The Bertz CT molecular complexity index is 1260. The summed E-state index contributed by atoms with van der Waals surface area (Å²) in [5, 5.41) is 15.9. The number of halogens is 1. The van der Waals surface area contributed by atoms with Crippen LogP contribution in [0.15, 0.2) is 59.7 Å². The zero-order valence-corrected chi connectivity index (χ0v) is 17.1. The van der Waals surface area contributed by atoms with Crippen molar-refractivity contribution in [1.82, 2.24) is 14.8 Å². The third-order valence-corrected chi connectivity index (χ3v) is 6.00. The van der Waals surface area contributed by atoms with Crippen LogP contribution < -0.4 is 10.5 Å². The molecule has 1 fully saturated rings. The number of nitrogens with zero attached hydrogens (tertiary/aromatic N) is 3. The molecule has 0 aliphatic carbocycles. The molecule has 2 aromatic carbocycles. The van der Waals surface area contributed by atoms with Crippen molar-refractivity contribution in [3.8, 4) is 22.6 Å². The number of pyridine rings is 1. The molecule has 7 heteroatoms. The van der Waals surface area contributed by atoms with Crippen molar-refractivity contribution in [2.45, 2.75) is 19.3 Å². The normalized spacial score (nSPS) is 14.4. The second-order valence-corrected chi connectivity index (χ2v) is 7.98. The van der Waals surface area contributed by atoms with Crippen molar-refractivity contribution in [2.24, 2.45) is 0 Å². The summed E-state index contributed by atoms with van der Waals surface area (Å²) in [4.78, 5) is 17.7. The SMILES string of the molecule is O=c1[nH]c2cc(Cl)c(-c3ccc(N4CCCCC4)cc3)cc2c(O)c1-n1cccn1. The molecule has 0 radical (unpaired) electrons. The monoisotopic (exact) mass is 420 g/mol. The molecule has 0 unspecified atom stereocenters. The van der Waals surface area contributed by atoms with Gasteiger partial charge in [0.15, 0.2) is 11.4 Å². The maximum Gasteiger partial charge on any atom is 0.278 e. The number of hydrogen-bond donors (Lipinski definition) is 2. The molecule has 0 bridgehead atoms. The highest BCUT2D eigenvalue weighted by Crippen LogP contribution is 2.36. The Balaban J connectivity index is 1.59. The van der Waals surface area contributed by atoms with Crippen molar-refractivity contribution in [2.75, 3.05) is 18.0 Å². The molecule has 3 heterocycles. The molecule has 6 nitrogen and oxygen atoms in total. The molecule has 0 saturated carbocycles. The number of rotatable bonds is 3. The zero-order valence-electron chi connectivity index (χ0n) is 16.3. The number of aromatic hydroxyl groups is 1. The van der Waals surface area contributed by atoms with Crippen LogP contribution in [0.4, 0.5) is 5.69 Å². The molecule has 1 aliphatic rings. The van der Waals surface area contributed by atoms with Gasteiger partial charge in [0.25, 0.3) is 5.56 Å². The molecule has 0 atom stereocenters. The number of aromatic nitrogens is 3. The Morgan fingerprint density at radius 2 is 1.83 bits per heavy atom. The lowest BCUT2D eigenvalue weighted by Gasteiger charge is -2.28. The Labute approximate surface area is 178 Å². The fourth-order valence-electron chi connectivity index (χ4n) is 4.13. The Hall–Kier alpha value is -3.25. The average molecular weight is 421 g/mol. The molecule has 4 aromatic rings. The van der Waals surface area contributed by atoms with Gasteiger partial charge in [0, 0.05) is 42.1 Å². The van der Waals surface area contributed by atoms with Gasteiger partial charge in [0.2, 0.25) is 0 Å². The molecule has 2 aromatic heterocycles. The van der Waals surface area contributed by atoms with Crippen LogP contribution in [0.3, 0.4) is 0 Å². The third-order valence-electron chi connectivity index (χ3n) is 5.68. The fraction of sp³-hybridized carbons (Fsp3) is 0.217. The van der Waals surface area contributed by atoms with E-state index in [1.807, 2.05) is 18.2 Å². The van der Waals surface area contributed by atoms with Gasteiger partial charge in [-0.25, -0.2) is 4.68 Å². The summed E-state index contributed by atoms with van der Waals surface area (Å²) in [6, 6.07) is 13.5. The molecule has 0 amide bonds. The number of anilines is 1. The molecule has 1 aliphatic heterocycles. The van der Waals surface area contributed by atoms with Crippen molar-refractivity contribution >= 4 is 28.2 Å². The highest BCUT2D eigenvalue weighted by molar-refractivity contribution is 6.34. The van der Waals surface area contributed by atoms with E-state index in [2.05, 4.69) is 27.1 Å². The number of hydrogen-bond acceptors (Lipinski definition) is 4. The largest absolute Gasteiger partial charge is 0.505 e. The van der Waals surface area contributed by atoms with E-state index in [4.69, 9.17) is 11.6 Å². The summed E-state index contributed by atoms with van der Waals surface area (Å²) in [6.45, 7) is 2.18. The van der Waals surface area contributed by atoms with Crippen LogP contribution in [0.25, 0.3) is 27.7 Å². The highest BCUT2D eigenvalue weighted by atomic mass is 35.5. The predicted molar refractivity (Wildman–Crippen MR) is 120 cm³/mol. The molecule has 5 rings (SSSR count). The number of nitrogens with one attached hydrogen (secondary N) is 1. The number of fused-ring (bicyclic) bond motifs is 1. The second-order valence-electron chi connectivity index (χ2n) is 7.57. The van der Waals surface area contributed by atoms with E-state index >= 15 is 0 Å². The topological polar surface area (TPSA) is 74.2 Å². The van der Waals surface area contributed by atoms with Crippen LogP contribution >= 0.6 is 11.6 Å². The van der Waals surface area contributed by atoms with Crippen LogP contribution in [0.5, 0.6) is 5.75 Å². The first kappa shape index (κ1) is 18.8. The van der Waals surface area contributed by atoms with Gasteiger partial charge in [-0.15, -0.1) is 0 Å². The molecule has 2 N–H and O–H groups in total. The number of benzene rings is 2. The molecular formula is C23H21ClN4O2. The van der Waals surface area contributed by atoms with E-state index in [0.717, 1.165) is 24.2 Å². The van der Waals surface area contributed by atoms with Crippen LogP contribution in [-0.4, -0.2) is 33.0 Å². The first-order valence-electron chi connectivity index (χ1n) is 10.1. The summed E-state index contributed by atoms with van der Waals surface area (Å²) < 4.78 is 1.36. The van der Waals surface area contributed by atoms with Gasteiger partial charge in [0.05, 0.1) is 10.5 Å². The van der Waals surface area contributed by atoms with E-state index in [1.165, 1.54) is 29.6 Å². The fourth-order valence-corrected chi connectivity index (χ4v) is 4.40. The lowest BCUT2D eigenvalue weighted by atomic mass is 10.0. The standard InChI is InChI=1S/C23H21ClN4O2/c24-19-14-20-18(22(29)21(23(30)26-20)28-12-4-9-25-28)13-17(19)15-5-7-16(8-6-15)27-10-2-1-3-11-27/h4-9,12-14H,1-3,10-11H2,(H2,26,29,30). The highest BCUT2D eigenvalue weighted by Gasteiger charge is 2.17. The number of H-pyrrole nitrogens is 1. The first-order valence-corrected chi connectivity index (χ1v) is 10.4. The summed E-state index contributed by atoms with van der Waals surface area (Å²) in [5.41, 5.74) is 3.09. The van der Waals surface area contributed by atoms with Crippen molar-refractivity contribution in [3.63, 3.8) is 0 Å². The van der Waals surface area contributed by atoms with Crippen LogP contribution in [0.1, 0.15) is 19.3 Å². The summed E-state index contributed by atoms with van der Waals surface area (Å²) in [6.07, 6.45) is 6.93. The third kappa shape index (κ3) is 3.23. The quantitative estimate of drug-likeness (QED) is 0.502. The van der Waals surface area contributed by atoms with Gasteiger partial charge < -0.3 is 15.0 Å². The summed E-state index contributed by atoms with van der Waals surface area (Å²) >= 11 is 6.54. The van der Waals surface area contributed by atoms with Gasteiger partial charge in [0.1, 0.15) is 0 Å². The minimum Gasteiger partial charge on any atom is -0.505 e. The Morgan fingerprint density at radius 1 is 1.07 bits per heavy atom. The lowest BCUT2D eigenvalue weighted by molar-refractivity contribution is 0.475. The van der Waals surface area contributed by atoms with E-state index in [9.17, 15) is 9.90 Å². The lowest BCUT2D eigenvalue weighted by Crippen LogP contribution is -2.29. The molecule has 30 heavy (non-hydrogen) atoms. The molecular weight excluding hydrogens is 400 g/mol. The number of piperidine rings is 1. The summed E-state index contributed by atoms with van der Waals surface area (Å²) in [5.74, 6) is -0.125. The van der Waals surface area contributed by atoms with E-state index in [1.54, 1.807) is 24.5 Å². The van der Waals surface area contributed by atoms with Gasteiger partial charge in [-0.3, -0.25) is 4.79 Å². The van der Waals surface area contributed by atoms with Gasteiger partial charge in [-0.1, -0.05) is 23.7 Å². The van der Waals surface area contributed by atoms with Gasteiger partial charge in [-0.05, 0) is 55.2 Å². The van der Waals surface area contributed by atoms with Crippen LogP contribution in [0, 0.1) is 0 Å². The second kappa shape index (κ2) is 7.54. The minimum absolute atomic E-state index is 0.0845. The van der Waals surface area contributed by atoms with Gasteiger partial charge in [-0.2, -0.15) is 5.10 Å². The molecule has 1 saturated heterocycles. The maximum absolute atomic E-state index is 12.5. The predicted octanol–water partition coefficient (Wildman–Crippen LogP) is 4.73. The van der Waals surface area contributed by atoms with Crippen LogP contribution in [0.2, 0.25) is 5.02 Å². The molecule has 0 spiro atoms. The van der Waals surface area contributed by atoms with Gasteiger partial charge >= 0.3 is 0 Å². The first-order chi connectivity index (χ1) is 14.6. The maximum atomic E-state index is 12.5. The minimum atomic E-state index is -0.432. The Morgan fingerprint density at radius 3 is 2.53 bits per heavy atom. The van der Waals surface area contributed by atoms with Crippen molar-refractivity contribution in [1.29, 1.82) is 0 Å².